The third-order valence-corrected chi connectivity index (χ3v) is 7.17. The minimum absolute atomic E-state index is 0.158. The maximum Gasteiger partial charge on any atom is 0.320 e. The van der Waals surface area contributed by atoms with Crippen LogP contribution in [0.15, 0.2) is 84.9 Å². The SMILES string of the molecule is O=C(N1CCN(c2ccccc2)CC1)N1CCN(C(c2ccccc2)c2ccc(Cl)cc2)CC1. The molecule has 34 heavy (non-hydrogen) atoms. The Morgan fingerprint density at radius 2 is 1.12 bits per heavy atom. The molecule has 2 saturated heterocycles. The number of rotatable bonds is 4. The van der Waals surface area contributed by atoms with Gasteiger partial charge in [-0.2, -0.15) is 0 Å². The number of benzene rings is 3. The first kappa shape index (κ1) is 22.8. The quantitative estimate of drug-likeness (QED) is 0.533. The van der Waals surface area contributed by atoms with E-state index in [2.05, 4.69) is 76.5 Å². The summed E-state index contributed by atoms with van der Waals surface area (Å²) < 4.78 is 0. The van der Waals surface area contributed by atoms with Crippen LogP contribution in [0.4, 0.5) is 10.5 Å². The van der Waals surface area contributed by atoms with E-state index in [1.807, 2.05) is 28.0 Å². The first-order valence-electron chi connectivity index (χ1n) is 12.1. The van der Waals surface area contributed by atoms with Gasteiger partial charge in [-0.3, -0.25) is 4.90 Å². The molecule has 2 fully saturated rings. The smallest absolute Gasteiger partial charge is 0.320 e. The van der Waals surface area contributed by atoms with E-state index in [1.165, 1.54) is 16.8 Å². The van der Waals surface area contributed by atoms with Gasteiger partial charge in [-0.25, -0.2) is 4.79 Å². The van der Waals surface area contributed by atoms with Crippen molar-refractivity contribution in [1.82, 2.24) is 14.7 Å². The number of hydrogen-bond donors (Lipinski definition) is 0. The van der Waals surface area contributed by atoms with Gasteiger partial charge in [-0.1, -0.05) is 72.3 Å². The molecular weight excluding hydrogens is 444 g/mol. The number of carbonyl (C=O) groups is 1. The molecular formula is C28H31ClN4O. The van der Waals surface area contributed by atoms with E-state index in [1.54, 1.807) is 0 Å². The lowest BCUT2D eigenvalue weighted by molar-refractivity contribution is 0.0981. The van der Waals surface area contributed by atoms with Crippen molar-refractivity contribution in [2.24, 2.45) is 0 Å². The van der Waals surface area contributed by atoms with Crippen LogP contribution in [-0.4, -0.2) is 73.1 Å². The second-order valence-corrected chi connectivity index (χ2v) is 9.42. The minimum atomic E-state index is 0.158. The van der Waals surface area contributed by atoms with E-state index >= 15 is 0 Å². The Morgan fingerprint density at radius 3 is 1.71 bits per heavy atom. The predicted octanol–water partition coefficient (Wildman–Crippen LogP) is 4.99. The zero-order valence-corrected chi connectivity index (χ0v) is 20.1. The zero-order chi connectivity index (χ0) is 23.3. The summed E-state index contributed by atoms with van der Waals surface area (Å²) in [5.41, 5.74) is 3.73. The standard InChI is InChI=1S/C28H31ClN4O/c29-25-13-11-24(12-14-25)27(23-7-3-1-4-8-23)31-17-21-33(22-18-31)28(34)32-19-15-30(16-20-32)26-9-5-2-6-10-26/h1-14,27H,15-22H2. The largest absolute Gasteiger partial charge is 0.368 e. The molecule has 5 nitrogen and oxygen atoms in total. The van der Waals surface area contributed by atoms with Crippen molar-refractivity contribution in [2.45, 2.75) is 6.04 Å². The van der Waals surface area contributed by atoms with Crippen molar-refractivity contribution >= 4 is 23.3 Å². The van der Waals surface area contributed by atoms with Crippen LogP contribution in [0.25, 0.3) is 0 Å². The van der Waals surface area contributed by atoms with Gasteiger partial charge in [0, 0.05) is 63.1 Å². The maximum atomic E-state index is 13.3. The number of carbonyl (C=O) groups excluding carboxylic acids is 1. The number of anilines is 1. The normalized spacial score (nSPS) is 18.1. The average molecular weight is 475 g/mol. The lowest BCUT2D eigenvalue weighted by atomic mass is 9.96. The predicted molar refractivity (Wildman–Crippen MR) is 139 cm³/mol. The second kappa shape index (κ2) is 10.5. The van der Waals surface area contributed by atoms with Crippen LogP contribution in [0, 0.1) is 0 Å². The molecule has 5 rings (SSSR count). The van der Waals surface area contributed by atoms with Crippen LogP contribution < -0.4 is 4.90 Å². The summed E-state index contributed by atoms with van der Waals surface area (Å²) in [6.07, 6.45) is 0. The molecule has 0 aromatic heterocycles. The zero-order valence-electron chi connectivity index (χ0n) is 19.4. The summed E-state index contributed by atoms with van der Waals surface area (Å²) in [5.74, 6) is 0. The molecule has 176 valence electrons. The van der Waals surface area contributed by atoms with E-state index in [0.29, 0.717) is 0 Å². The topological polar surface area (TPSA) is 30.0 Å². The third-order valence-electron chi connectivity index (χ3n) is 6.92. The fourth-order valence-electron chi connectivity index (χ4n) is 5.06. The van der Waals surface area contributed by atoms with Crippen LogP contribution >= 0.6 is 11.6 Å². The summed E-state index contributed by atoms with van der Waals surface area (Å²) in [4.78, 5) is 22.1. The van der Waals surface area contributed by atoms with Crippen molar-refractivity contribution in [3.05, 3.63) is 101 Å². The minimum Gasteiger partial charge on any atom is -0.368 e. The highest BCUT2D eigenvalue weighted by Gasteiger charge is 2.31. The van der Waals surface area contributed by atoms with Gasteiger partial charge in [0.15, 0.2) is 0 Å². The van der Waals surface area contributed by atoms with Gasteiger partial charge < -0.3 is 14.7 Å². The van der Waals surface area contributed by atoms with E-state index in [9.17, 15) is 4.79 Å². The molecule has 6 heteroatoms. The number of halogens is 1. The van der Waals surface area contributed by atoms with Gasteiger partial charge in [-0.05, 0) is 35.4 Å². The van der Waals surface area contributed by atoms with Gasteiger partial charge in [0.1, 0.15) is 0 Å². The number of amides is 2. The Balaban J connectivity index is 1.21. The molecule has 2 amide bonds. The summed E-state index contributed by atoms with van der Waals surface area (Å²) in [6.45, 7) is 6.47. The number of hydrogen-bond acceptors (Lipinski definition) is 3. The van der Waals surface area contributed by atoms with Crippen LogP contribution in [0.5, 0.6) is 0 Å². The van der Waals surface area contributed by atoms with Crippen LogP contribution in [0.2, 0.25) is 5.02 Å². The number of urea groups is 1. The molecule has 3 aromatic rings. The summed E-state index contributed by atoms with van der Waals surface area (Å²) >= 11 is 6.15. The first-order chi connectivity index (χ1) is 16.7. The van der Waals surface area contributed by atoms with E-state index in [4.69, 9.17) is 11.6 Å². The van der Waals surface area contributed by atoms with Crippen molar-refractivity contribution in [1.29, 1.82) is 0 Å². The Kier molecular flexibility index (Phi) is 7.02. The van der Waals surface area contributed by atoms with Crippen LogP contribution in [0.3, 0.4) is 0 Å². The first-order valence-corrected chi connectivity index (χ1v) is 12.4. The molecule has 2 aliphatic heterocycles. The fourth-order valence-corrected chi connectivity index (χ4v) is 5.19. The lowest BCUT2D eigenvalue weighted by Gasteiger charge is -2.43. The van der Waals surface area contributed by atoms with Gasteiger partial charge in [0.2, 0.25) is 0 Å². The van der Waals surface area contributed by atoms with E-state index in [0.717, 1.165) is 57.4 Å². The Bertz CT molecular complexity index is 1060. The van der Waals surface area contributed by atoms with Crippen LogP contribution in [0.1, 0.15) is 17.2 Å². The Morgan fingerprint density at radius 1 is 0.618 bits per heavy atom. The van der Waals surface area contributed by atoms with Crippen molar-refractivity contribution < 1.29 is 4.79 Å². The molecule has 1 unspecified atom stereocenters. The Hall–Kier alpha value is -3.02. The van der Waals surface area contributed by atoms with Gasteiger partial charge in [0.25, 0.3) is 0 Å². The number of piperazine rings is 2. The molecule has 3 aromatic carbocycles. The lowest BCUT2D eigenvalue weighted by Crippen LogP contribution is -2.57. The highest BCUT2D eigenvalue weighted by Crippen LogP contribution is 2.30. The molecule has 0 spiro atoms. The molecule has 0 aliphatic carbocycles. The number of nitrogens with zero attached hydrogens (tertiary/aromatic N) is 4. The van der Waals surface area contributed by atoms with E-state index in [-0.39, 0.29) is 12.1 Å². The molecule has 0 N–H and O–H groups in total. The fraction of sp³-hybridized carbons (Fsp3) is 0.321. The maximum absolute atomic E-state index is 13.3. The highest BCUT2D eigenvalue weighted by molar-refractivity contribution is 6.30. The van der Waals surface area contributed by atoms with Gasteiger partial charge in [0.05, 0.1) is 6.04 Å². The van der Waals surface area contributed by atoms with Crippen LogP contribution in [-0.2, 0) is 0 Å². The summed E-state index contributed by atoms with van der Waals surface area (Å²) in [7, 11) is 0. The van der Waals surface area contributed by atoms with Gasteiger partial charge >= 0.3 is 6.03 Å². The number of para-hydroxylation sites is 1. The summed E-state index contributed by atoms with van der Waals surface area (Å²) in [5, 5.41) is 0.748. The van der Waals surface area contributed by atoms with E-state index < -0.39 is 0 Å². The van der Waals surface area contributed by atoms with Crippen molar-refractivity contribution in [3.8, 4) is 0 Å². The average Bonchev–Trinajstić information content (AvgIpc) is 2.91. The monoisotopic (exact) mass is 474 g/mol. The molecule has 2 aliphatic rings. The highest BCUT2D eigenvalue weighted by atomic mass is 35.5. The molecule has 0 radical (unpaired) electrons. The third kappa shape index (κ3) is 5.06. The molecule has 1 atom stereocenters. The summed E-state index contributed by atoms with van der Waals surface area (Å²) in [6, 6.07) is 29.5. The second-order valence-electron chi connectivity index (χ2n) is 8.98. The van der Waals surface area contributed by atoms with Gasteiger partial charge in [-0.15, -0.1) is 0 Å². The Labute approximate surface area is 207 Å². The molecule has 0 saturated carbocycles. The molecule has 0 bridgehead atoms. The van der Waals surface area contributed by atoms with Crippen molar-refractivity contribution in [2.75, 3.05) is 57.3 Å². The van der Waals surface area contributed by atoms with Crippen molar-refractivity contribution in [3.63, 3.8) is 0 Å². The molecule has 2 heterocycles.